The monoisotopic (exact) mass is 520 g/mol. The number of nitrogens with one attached hydrogen (secondary N) is 2. The number of nitrogens with zero attached hydrogens (tertiary/aromatic N) is 4. The van der Waals surface area contributed by atoms with Gasteiger partial charge in [-0.2, -0.15) is 18.3 Å². The quantitative estimate of drug-likeness (QED) is 0.411. The molecule has 2 aliphatic rings. The summed E-state index contributed by atoms with van der Waals surface area (Å²) in [4.78, 5) is 8.03. The zero-order valence-electron chi connectivity index (χ0n) is 20.4. The first-order valence-electron chi connectivity index (χ1n) is 12.4. The Labute approximate surface area is 211 Å². The lowest BCUT2D eigenvalue weighted by atomic mass is 9.84. The molecule has 11 heteroatoms. The molecule has 0 aliphatic carbocycles. The number of likely N-dealkylation sites (tertiary alicyclic amines) is 1. The van der Waals surface area contributed by atoms with Crippen molar-refractivity contribution in [2.75, 3.05) is 38.2 Å². The Bertz CT molecular complexity index is 1190. The predicted octanol–water partition coefficient (Wildman–Crippen LogP) is 4.96. The number of H-pyrrole nitrogens is 1. The van der Waals surface area contributed by atoms with E-state index in [4.69, 9.17) is 0 Å². The SMILES string of the molecule is C[C@@H]1Cc2c(ccc(-c3cn[nH]c3)c2F)[C@@H](c2ccc(NC3CN(CCCF)C3)cn2)N1CC(F)(F)F. The molecule has 1 fully saturated rings. The Morgan fingerprint density at radius 2 is 1.95 bits per heavy atom. The number of alkyl halides is 4. The Morgan fingerprint density at radius 3 is 2.59 bits per heavy atom. The molecule has 0 unspecified atom stereocenters. The Balaban J connectivity index is 1.42. The van der Waals surface area contributed by atoms with Crippen LogP contribution in [0.2, 0.25) is 0 Å². The highest BCUT2D eigenvalue weighted by atomic mass is 19.4. The molecule has 198 valence electrons. The van der Waals surface area contributed by atoms with E-state index in [2.05, 4.69) is 25.4 Å². The van der Waals surface area contributed by atoms with E-state index in [0.717, 1.165) is 25.3 Å². The largest absolute Gasteiger partial charge is 0.401 e. The lowest BCUT2D eigenvalue weighted by Gasteiger charge is -2.42. The smallest absolute Gasteiger partial charge is 0.378 e. The molecule has 0 bridgehead atoms. The molecule has 1 aromatic carbocycles. The van der Waals surface area contributed by atoms with E-state index in [-0.39, 0.29) is 19.1 Å². The topological polar surface area (TPSA) is 60.1 Å². The van der Waals surface area contributed by atoms with Crippen molar-refractivity contribution < 1.29 is 22.0 Å². The van der Waals surface area contributed by atoms with Gasteiger partial charge in [-0.15, -0.1) is 0 Å². The number of fused-ring (bicyclic) bond motifs is 1. The molecule has 3 aromatic rings. The number of hydrogen-bond donors (Lipinski definition) is 2. The van der Waals surface area contributed by atoms with Gasteiger partial charge in [-0.25, -0.2) is 4.39 Å². The van der Waals surface area contributed by atoms with E-state index in [9.17, 15) is 17.6 Å². The molecule has 2 atom stereocenters. The van der Waals surface area contributed by atoms with Gasteiger partial charge in [-0.1, -0.05) is 12.1 Å². The van der Waals surface area contributed by atoms with Gasteiger partial charge in [0, 0.05) is 43.0 Å². The van der Waals surface area contributed by atoms with E-state index in [0.29, 0.717) is 34.4 Å². The summed E-state index contributed by atoms with van der Waals surface area (Å²) in [5.74, 6) is -0.442. The van der Waals surface area contributed by atoms with Gasteiger partial charge in [0.25, 0.3) is 0 Å². The number of halogens is 5. The van der Waals surface area contributed by atoms with Crippen molar-refractivity contribution in [1.82, 2.24) is 25.0 Å². The number of benzene rings is 1. The zero-order valence-corrected chi connectivity index (χ0v) is 20.4. The molecule has 0 amide bonds. The van der Waals surface area contributed by atoms with Crippen LogP contribution in [0.4, 0.5) is 27.6 Å². The van der Waals surface area contributed by atoms with Gasteiger partial charge in [-0.05, 0) is 43.0 Å². The third-order valence-corrected chi connectivity index (χ3v) is 7.14. The maximum Gasteiger partial charge on any atom is 0.401 e. The Hall–Kier alpha value is -3.05. The molecule has 2 aromatic heterocycles. The van der Waals surface area contributed by atoms with Crippen molar-refractivity contribution in [1.29, 1.82) is 0 Å². The van der Waals surface area contributed by atoms with Gasteiger partial charge >= 0.3 is 6.18 Å². The molecule has 1 saturated heterocycles. The minimum atomic E-state index is -4.42. The van der Waals surface area contributed by atoms with Crippen LogP contribution in [0.5, 0.6) is 0 Å². The number of hydrogen-bond acceptors (Lipinski definition) is 5. The third kappa shape index (κ3) is 5.47. The van der Waals surface area contributed by atoms with Crippen LogP contribution in [0.3, 0.4) is 0 Å². The first-order valence-corrected chi connectivity index (χ1v) is 12.4. The van der Waals surface area contributed by atoms with Crippen molar-refractivity contribution in [2.24, 2.45) is 0 Å². The number of pyridine rings is 1. The van der Waals surface area contributed by atoms with E-state index >= 15 is 4.39 Å². The lowest BCUT2D eigenvalue weighted by Crippen LogP contribution is -2.54. The van der Waals surface area contributed by atoms with Crippen molar-refractivity contribution in [3.63, 3.8) is 0 Å². The summed E-state index contributed by atoms with van der Waals surface area (Å²) in [5, 5.41) is 9.91. The highest BCUT2D eigenvalue weighted by Gasteiger charge is 2.42. The van der Waals surface area contributed by atoms with Crippen LogP contribution < -0.4 is 5.32 Å². The number of aromatic nitrogens is 3. The van der Waals surface area contributed by atoms with E-state index in [1.807, 2.05) is 0 Å². The summed E-state index contributed by atoms with van der Waals surface area (Å²) in [7, 11) is 0. The molecule has 2 aliphatic heterocycles. The van der Waals surface area contributed by atoms with Crippen LogP contribution >= 0.6 is 0 Å². The molecular weight excluding hydrogens is 491 g/mol. The summed E-state index contributed by atoms with van der Waals surface area (Å²) in [6.45, 7) is 2.55. The second kappa shape index (κ2) is 10.4. The molecule has 4 heterocycles. The van der Waals surface area contributed by atoms with Gasteiger partial charge in [0.05, 0.1) is 49.1 Å². The number of aromatic amines is 1. The average Bonchev–Trinajstić information content (AvgIpc) is 3.36. The maximum atomic E-state index is 15.7. The first-order chi connectivity index (χ1) is 17.7. The maximum absolute atomic E-state index is 15.7. The summed E-state index contributed by atoms with van der Waals surface area (Å²) in [6.07, 6.45) is 0.961. The first kappa shape index (κ1) is 25.6. The second-order valence-corrected chi connectivity index (χ2v) is 9.84. The highest BCUT2D eigenvalue weighted by Crippen LogP contribution is 2.42. The minimum absolute atomic E-state index is 0.152. The van der Waals surface area contributed by atoms with Crippen molar-refractivity contribution in [3.8, 4) is 11.1 Å². The van der Waals surface area contributed by atoms with Crippen LogP contribution in [0.15, 0.2) is 42.9 Å². The zero-order chi connectivity index (χ0) is 26.2. The van der Waals surface area contributed by atoms with Crippen LogP contribution in [0, 0.1) is 5.82 Å². The average molecular weight is 521 g/mol. The lowest BCUT2D eigenvalue weighted by molar-refractivity contribution is -0.155. The van der Waals surface area contributed by atoms with E-state index < -0.39 is 30.6 Å². The summed E-state index contributed by atoms with van der Waals surface area (Å²) < 4.78 is 68.8. The normalized spacial score (nSPS) is 21.0. The van der Waals surface area contributed by atoms with Gasteiger partial charge in [0.2, 0.25) is 0 Å². The Kier molecular flexibility index (Phi) is 7.17. The fraction of sp³-hybridized carbons (Fsp3) is 0.462. The molecule has 0 radical (unpaired) electrons. The van der Waals surface area contributed by atoms with Gasteiger partial charge < -0.3 is 5.32 Å². The third-order valence-electron chi connectivity index (χ3n) is 7.14. The van der Waals surface area contributed by atoms with Gasteiger partial charge in [0.1, 0.15) is 5.82 Å². The van der Waals surface area contributed by atoms with Crippen LogP contribution in [0.25, 0.3) is 11.1 Å². The van der Waals surface area contributed by atoms with Crippen molar-refractivity contribution >= 4 is 5.69 Å². The fourth-order valence-electron chi connectivity index (χ4n) is 5.37. The Morgan fingerprint density at radius 1 is 1.14 bits per heavy atom. The molecule has 0 spiro atoms. The molecule has 6 nitrogen and oxygen atoms in total. The minimum Gasteiger partial charge on any atom is -0.378 e. The van der Waals surface area contributed by atoms with Gasteiger partial charge in [0.15, 0.2) is 0 Å². The standard InChI is InChI=1S/C26H29F5N6/c1-16-9-22-21(5-4-20(24(22)28)17-10-33-34-11-17)25(37(16)15-26(29,30)31)23-6-3-18(12-32-23)35-19-13-36(14-19)8-2-7-27/h3-6,10-12,16,19,25,35H,2,7-9,13-15H2,1H3,(H,33,34)/t16-,25+/m1/s1. The number of anilines is 1. The summed E-state index contributed by atoms with van der Waals surface area (Å²) in [5.41, 5.74) is 3.01. The van der Waals surface area contributed by atoms with Crippen molar-refractivity contribution in [3.05, 3.63) is 65.5 Å². The molecule has 2 N–H and O–H groups in total. The molecule has 5 rings (SSSR count). The highest BCUT2D eigenvalue weighted by molar-refractivity contribution is 5.65. The molecular formula is C26H29F5N6. The van der Waals surface area contributed by atoms with Crippen molar-refractivity contribution in [2.45, 2.75) is 44.1 Å². The van der Waals surface area contributed by atoms with E-state index in [1.165, 1.54) is 11.1 Å². The fourth-order valence-corrected chi connectivity index (χ4v) is 5.37. The predicted molar refractivity (Wildman–Crippen MR) is 130 cm³/mol. The number of rotatable bonds is 8. The van der Waals surface area contributed by atoms with Crippen LogP contribution in [-0.4, -0.2) is 76.1 Å². The summed E-state index contributed by atoms with van der Waals surface area (Å²) in [6, 6.07) is 5.61. The van der Waals surface area contributed by atoms with Crippen LogP contribution in [0.1, 0.15) is 36.2 Å². The van der Waals surface area contributed by atoms with E-state index in [1.54, 1.807) is 43.6 Å². The molecule has 37 heavy (non-hydrogen) atoms. The second-order valence-electron chi connectivity index (χ2n) is 9.84. The van der Waals surface area contributed by atoms with Gasteiger partial charge in [-0.3, -0.25) is 24.3 Å². The molecule has 0 saturated carbocycles. The summed E-state index contributed by atoms with van der Waals surface area (Å²) >= 11 is 0. The van der Waals surface area contributed by atoms with Crippen LogP contribution in [-0.2, 0) is 6.42 Å².